The van der Waals surface area contributed by atoms with Crippen molar-refractivity contribution in [1.29, 1.82) is 0 Å². The molecule has 4 aliphatic rings. The topological polar surface area (TPSA) is 75.7 Å². The SMILES string of the molecule is CC(=O)NC12C[C@@H]3C[C@@H](C1)CC(C(=O)OCC(=O)N(C)Cc1ccc(Cl)s1)(C3)C2. The van der Waals surface area contributed by atoms with Gasteiger partial charge in [-0.15, -0.1) is 11.3 Å². The molecule has 8 heteroatoms. The number of carbonyl (C=O) groups excluding carboxylic acids is 3. The van der Waals surface area contributed by atoms with Crippen molar-refractivity contribution < 1.29 is 19.1 Å². The number of nitrogens with one attached hydrogen (secondary N) is 1. The summed E-state index contributed by atoms with van der Waals surface area (Å²) in [5, 5.41) is 3.15. The fraction of sp³-hybridized carbons (Fsp3) is 0.667. The van der Waals surface area contributed by atoms with Crippen LogP contribution in [-0.2, 0) is 25.7 Å². The Labute approximate surface area is 179 Å². The molecule has 0 saturated heterocycles. The van der Waals surface area contributed by atoms with Crippen molar-refractivity contribution >= 4 is 40.7 Å². The second-order valence-electron chi connectivity index (χ2n) is 9.23. The zero-order valence-corrected chi connectivity index (χ0v) is 18.4. The number of likely N-dealkylation sites (N-methyl/N-ethyl adjacent to an activating group) is 1. The molecule has 0 unspecified atom stereocenters. The third-order valence-corrected chi connectivity index (χ3v) is 7.93. The van der Waals surface area contributed by atoms with E-state index >= 15 is 0 Å². The van der Waals surface area contributed by atoms with E-state index in [1.54, 1.807) is 24.9 Å². The van der Waals surface area contributed by atoms with Crippen LogP contribution in [0.15, 0.2) is 12.1 Å². The predicted octanol–water partition coefficient (Wildman–Crippen LogP) is 3.38. The molecule has 158 valence electrons. The second kappa shape index (κ2) is 7.58. The zero-order chi connectivity index (χ0) is 20.8. The lowest BCUT2D eigenvalue weighted by Gasteiger charge is -2.60. The minimum atomic E-state index is -0.563. The van der Waals surface area contributed by atoms with E-state index in [0.29, 0.717) is 29.1 Å². The van der Waals surface area contributed by atoms with Gasteiger partial charge in [0.2, 0.25) is 5.91 Å². The third kappa shape index (κ3) is 4.17. The standard InChI is InChI=1S/C21H27ClN2O4S/c1-13(25)23-21-8-14-5-15(9-21)7-20(6-14,12-21)19(27)28-11-18(26)24(2)10-16-3-4-17(22)29-16/h3-4,14-15H,5-12H2,1-2H3,(H,23,25)/t14-,15-,20?,21?/m1/s1. The number of carbonyl (C=O) groups is 3. The Morgan fingerprint density at radius 1 is 1.24 bits per heavy atom. The maximum absolute atomic E-state index is 13.1. The van der Waals surface area contributed by atoms with Gasteiger partial charge < -0.3 is 15.0 Å². The van der Waals surface area contributed by atoms with Crippen molar-refractivity contribution in [3.05, 3.63) is 21.3 Å². The van der Waals surface area contributed by atoms with E-state index in [0.717, 1.165) is 37.0 Å². The quantitative estimate of drug-likeness (QED) is 0.691. The van der Waals surface area contributed by atoms with Gasteiger partial charge in [0.05, 0.1) is 16.3 Å². The van der Waals surface area contributed by atoms with E-state index in [1.165, 1.54) is 11.3 Å². The molecular formula is C21H27ClN2O4S. The van der Waals surface area contributed by atoms with Crippen molar-refractivity contribution in [3.8, 4) is 0 Å². The summed E-state index contributed by atoms with van der Waals surface area (Å²) in [6.45, 7) is 1.73. The summed E-state index contributed by atoms with van der Waals surface area (Å²) in [4.78, 5) is 39.8. The number of rotatable bonds is 6. The Morgan fingerprint density at radius 2 is 1.93 bits per heavy atom. The summed E-state index contributed by atoms with van der Waals surface area (Å²) in [6, 6.07) is 3.69. The van der Waals surface area contributed by atoms with Crippen LogP contribution in [0.3, 0.4) is 0 Å². The van der Waals surface area contributed by atoms with Crippen LogP contribution in [0.2, 0.25) is 4.34 Å². The molecule has 4 bridgehead atoms. The average Bonchev–Trinajstić information content (AvgIpc) is 3.01. The van der Waals surface area contributed by atoms with E-state index in [4.69, 9.17) is 16.3 Å². The molecule has 0 aromatic carbocycles. The number of ether oxygens (including phenoxy) is 1. The number of hydrogen-bond donors (Lipinski definition) is 1. The maximum Gasteiger partial charge on any atom is 0.312 e. The van der Waals surface area contributed by atoms with Gasteiger partial charge in [-0.1, -0.05) is 11.6 Å². The number of hydrogen-bond acceptors (Lipinski definition) is 5. The van der Waals surface area contributed by atoms with E-state index < -0.39 is 5.41 Å². The smallest absolute Gasteiger partial charge is 0.312 e. The van der Waals surface area contributed by atoms with Crippen LogP contribution in [0.1, 0.15) is 50.3 Å². The maximum atomic E-state index is 13.1. The molecule has 4 aliphatic carbocycles. The van der Waals surface area contributed by atoms with Crippen LogP contribution in [0.5, 0.6) is 0 Å². The highest BCUT2D eigenvalue weighted by Crippen LogP contribution is 2.62. The highest BCUT2D eigenvalue weighted by molar-refractivity contribution is 7.16. The van der Waals surface area contributed by atoms with Gasteiger partial charge in [-0.25, -0.2) is 0 Å². The molecule has 1 N–H and O–H groups in total. The minimum absolute atomic E-state index is 0.0408. The molecule has 6 nitrogen and oxygen atoms in total. The number of amides is 2. The first-order valence-corrected chi connectivity index (χ1v) is 11.3. The van der Waals surface area contributed by atoms with Gasteiger partial charge in [0.15, 0.2) is 6.61 Å². The molecule has 4 saturated carbocycles. The molecule has 0 radical (unpaired) electrons. The molecule has 2 amide bonds. The molecule has 1 aromatic heterocycles. The Hall–Kier alpha value is -1.60. The van der Waals surface area contributed by atoms with E-state index in [2.05, 4.69) is 5.32 Å². The first-order valence-electron chi connectivity index (χ1n) is 10.1. The summed E-state index contributed by atoms with van der Waals surface area (Å²) < 4.78 is 6.22. The predicted molar refractivity (Wildman–Crippen MR) is 110 cm³/mol. The summed E-state index contributed by atoms with van der Waals surface area (Å²) in [5.74, 6) is 0.336. The average molecular weight is 439 g/mol. The molecule has 1 heterocycles. The normalized spacial score (nSPS) is 32.1. The lowest BCUT2D eigenvalue weighted by atomic mass is 9.47. The highest BCUT2D eigenvalue weighted by atomic mass is 35.5. The monoisotopic (exact) mass is 438 g/mol. The number of nitrogens with zero attached hydrogens (tertiary/aromatic N) is 1. The first kappa shape index (κ1) is 20.7. The molecule has 0 spiro atoms. The fourth-order valence-electron chi connectivity index (χ4n) is 6.17. The molecule has 29 heavy (non-hydrogen) atoms. The Bertz CT molecular complexity index is 824. The first-order chi connectivity index (χ1) is 13.7. The van der Waals surface area contributed by atoms with Crippen LogP contribution in [0.4, 0.5) is 0 Å². The largest absolute Gasteiger partial charge is 0.455 e. The fourth-order valence-corrected chi connectivity index (χ4v) is 7.31. The second-order valence-corrected chi connectivity index (χ2v) is 11.0. The van der Waals surface area contributed by atoms with Crippen molar-refractivity contribution in [2.24, 2.45) is 17.3 Å². The summed E-state index contributed by atoms with van der Waals surface area (Å²) in [6.07, 6.45) is 5.26. The van der Waals surface area contributed by atoms with Crippen LogP contribution >= 0.6 is 22.9 Å². The number of halogens is 1. The van der Waals surface area contributed by atoms with Gasteiger partial charge in [-0.3, -0.25) is 14.4 Å². The van der Waals surface area contributed by atoms with Crippen LogP contribution in [-0.4, -0.2) is 41.9 Å². The van der Waals surface area contributed by atoms with Gasteiger partial charge in [0, 0.05) is 24.4 Å². The zero-order valence-electron chi connectivity index (χ0n) is 16.8. The molecule has 2 atom stereocenters. The van der Waals surface area contributed by atoms with Crippen LogP contribution in [0.25, 0.3) is 0 Å². The van der Waals surface area contributed by atoms with E-state index in [1.807, 2.05) is 6.07 Å². The van der Waals surface area contributed by atoms with Gasteiger partial charge in [0.25, 0.3) is 5.91 Å². The van der Waals surface area contributed by atoms with Crippen molar-refractivity contribution in [2.45, 2.75) is 57.5 Å². The minimum Gasteiger partial charge on any atom is -0.455 e. The van der Waals surface area contributed by atoms with Crippen LogP contribution in [0, 0.1) is 17.3 Å². The van der Waals surface area contributed by atoms with Crippen LogP contribution < -0.4 is 5.32 Å². The van der Waals surface area contributed by atoms with Gasteiger partial charge in [-0.05, 0) is 62.5 Å². The highest BCUT2D eigenvalue weighted by Gasteiger charge is 2.61. The Kier molecular flexibility index (Phi) is 5.40. The summed E-state index contributed by atoms with van der Waals surface area (Å²) in [7, 11) is 1.69. The van der Waals surface area contributed by atoms with Gasteiger partial charge in [0.1, 0.15) is 0 Å². The number of esters is 1. The van der Waals surface area contributed by atoms with Gasteiger partial charge >= 0.3 is 5.97 Å². The summed E-state index contributed by atoms with van der Waals surface area (Å²) in [5.41, 5.74) is -0.846. The van der Waals surface area contributed by atoms with Crippen molar-refractivity contribution in [3.63, 3.8) is 0 Å². The lowest BCUT2D eigenvalue weighted by Crippen LogP contribution is -2.64. The van der Waals surface area contributed by atoms with Crippen molar-refractivity contribution in [2.75, 3.05) is 13.7 Å². The van der Waals surface area contributed by atoms with Gasteiger partial charge in [-0.2, -0.15) is 0 Å². The molecular weight excluding hydrogens is 412 g/mol. The Balaban J connectivity index is 1.38. The molecule has 0 aliphatic heterocycles. The van der Waals surface area contributed by atoms with E-state index in [-0.39, 0.29) is 29.9 Å². The lowest BCUT2D eigenvalue weighted by molar-refractivity contribution is -0.178. The third-order valence-electron chi connectivity index (χ3n) is 6.71. The molecule has 5 rings (SSSR count). The Morgan fingerprint density at radius 3 is 2.52 bits per heavy atom. The molecule has 4 fully saturated rings. The van der Waals surface area contributed by atoms with E-state index in [9.17, 15) is 14.4 Å². The van der Waals surface area contributed by atoms with Crippen molar-refractivity contribution in [1.82, 2.24) is 10.2 Å². The molecule has 1 aromatic rings. The summed E-state index contributed by atoms with van der Waals surface area (Å²) >= 11 is 7.37. The number of thiophene rings is 1.